The maximum absolute atomic E-state index is 5.76. The summed E-state index contributed by atoms with van der Waals surface area (Å²) in [5, 5.41) is 1.11. The zero-order chi connectivity index (χ0) is 13.9. The van der Waals surface area contributed by atoms with E-state index >= 15 is 0 Å². The van der Waals surface area contributed by atoms with Crippen LogP contribution in [0.2, 0.25) is 0 Å². The largest absolute Gasteiger partial charge is 0.497 e. The first-order valence-electron chi connectivity index (χ1n) is 7.07. The van der Waals surface area contributed by atoms with Crippen LogP contribution in [0.15, 0.2) is 24.3 Å². The summed E-state index contributed by atoms with van der Waals surface area (Å²) in [6.45, 7) is 6.42. The summed E-state index contributed by atoms with van der Waals surface area (Å²) in [6, 6.07) is 7.92. The highest BCUT2D eigenvalue weighted by Gasteiger charge is 2.15. The van der Waals surface area contributed by atoms with E-state index in [0.29, 0.717) is 5.88 Å². The van der Waals surface area contributed by atoms with Gasteiger partial charge in [-0.1, -0.05) is 0 Å². The lowest BCUT2D eigenvalue weighted by Crippen LogP contribution is -2.07. The van der Waals surface area contributed by atoms with Crippen LogP contribution in [0.25, 0.3) is 10.9 Å². The van der Waals surface area contributed by atoms with Gasteiger partial charge in [0.25, 0.3) is 0 Å². The van der Waals surface area contributed by atoms with Crippen molar-refractivity contribution in [3.8, 4) is 11.6 Å². The van der Waals surface area contributed by atoms with Crippen LogP contribution in [0.4, 0.5) is 0 Å². The van der Waals surface area contributed by atoms with Gasteiger partial charge in [0.15, 0.2) is 0 Å². The normalized spacial score (nSPS) is 14.5. The molecule has 0 N–H and O–H groups in total. The van der Waals surface area contributed by atoms with E-state index in [-0.39, 0.29) is 0 Å². The molecule has 1 aromatic heterocycles. The summed E-state index contributed by atoms with van der Waals surface area (Å²) < 4.78 is 11.0. The fourth-order valence-corrected chi connectivity index (χ4v) is 2.30. The maximum atomic E-state index is 5.76. The summed E-state index contributed by atoms with van der Waals surface area (Å²) in [7, 11) is 1.68. The van der Waals surface area contributed by atoms with Gasteiger partial charge in [0.05, 0.1) is 19.2 Å². The highest BCUT2D eigenvalue weighted by Crippen LogP contribution is 2.25. The second kappa shape index (κ2) is 5.67. The highest BCUT2D eigenvalue weighted by atomic mass is 16.5. The Balaban J connectivity index is 1.71. The van der Waals surface area contributed by atoms with Crippen LogP contribution >= 0.6 is 0 Å². The second-order valence-corrected chi connectivity index (χ2v) is 5.20. The lowest BCUT2D eigenvalue weighted by molar-refractivity contribution is 0.289. The first-order chi connectivity index (χ1) is 9.76. The summed E-state index contributed by atoms with van der Waals surface area (Å²) in [5.74, 6) is 1.57. The van der Waals surface area contributed by atoms with Crippen molar-refractivity contribution in [3.63, 3.8) is 0 Å². The number of pyridine rings is 1. The minimum absolute atomic E-state index is 0.714. The molecule has 0 unspecified atom stereocenters. The van der Waals surface area contributed by atoms with Gasteiger partial charge in [0, 0.05) is 31.1 Å². The Morgan fingerprint density at radius 2 is 2.10 bits per heavy atom. The summed E-state index contributed by atoms with van der Waals surface area (Å²) in [5.41, 5.74) is 2.11. The van der Waals surface area contributed by atoms with Gasteiger partial charge in [-0.15, -0.1) is 0 Å². The van der Waals surface area contributed by atoms with Crippen molar-refractivity contribution in [1.29, 1.82) is 0 Å². The van der Waals surface area contributed by atoms with Gasteiger partial charge in [-0.05, 0) is 37.1 Å². The van der Waals surface area contributed by atoms with E-state index in [2.05, 4.69) is 16.8 Å². The SMILES string of the molecule is COc1ccc2nc(OCCCN3CC3)cc(C)c2c1. The molecule has 4 heteroatoms. The highest BCUT2D eigenvalue weighted by molar-refractivity contribution is 5.84. The van der Waals surface area contributed by atoms with Gasteiger partial charge < -0.3 is 14.4 Å². The topological polar surface area (TPSA) is 34.4 Å². The predicted octanol–water partition coefficient (Wildman–Crippen LogP) is 2.64. The van der Waals surface area contributed by atoms with E-state index in [0.717, 1.165) is 41.8 Å². The minimum atomic E-state index is 0.714. The zero-order valence-electron chi connectivity index (χ0n) is 12.1. The van der Waals surface area contributed by atoms with Crippen molar-refractivity contribution in [2.75, 3.05) is 33.4 Å². The molecule has 0 atom stereocenters. The lowest BCUT2D eigenvalue weighted by atomic mass is 10.1. The van der Waals surface area contributed by atoms with E-state index in [1.165, 1.54) is 13.1 Å². The summed E-state index contributed by atoms with van der Waals surface area (Å²) in [4.78, 5) is 6.95. The first-order valence-corrected chi connectivity index (χ1v) is 7.07. The Morgan fingerprint density at radius 1 is 1.25 bits per heavy atom. The van der Waals surface area contributed by atoms with Crippen LogP contribution in [-0.4, -0.2) is 43.2 Å². The van der Waals surface area contributed by atoms with Crippen LogP contribution in [0, 0.1) is 6.92 Å². The number of hydrogen-bond donors (Lipinski definition) is 0. The Labute approximate surface area is 119 Å². The maximum Gasteiger partial charge on any atom is 0.214 e. The average molecular weight is 272 g/mol. The van der Waals surface area contributed by atoms with Gasteiger partial charge in [0.1, 0.15) is 5.75 Å². The first kappa shape index (κ1) is 13.2. The molecule has 0 bridgehead atoms. The molecule has 4 nitrogen and oxygen atoms in total. The molecular weight excluding hydrogens is 252 g/mol. The van der Waals surface area contributed by atoms with E-state index in [9.17, 15) is 0 Å². The molecule has 0 spiro atoms. The van der Waals surface area contributed by atoms with Crippen LogP contribution in [0.1, 0.15) is 12.0 Å². The number of rotatable bonds is 6. The third kappa shape index (κ3) is 3.02. The Kier molecular flexibility index (Phi) is 3.74. The smallest absolute Gasteiger partial charge is 0.214 e. The second-order valence-electron chi connectivity index (χ2n) is 5.20. The third-order valence-electron chi connectivity index (χ3n) is 3.61. The monoisotopic (exact) mass is 272 g/mol. The molecule has 1 saturated heterocycles. The fourth-order valence-electron chi connectivity index (χ4n) is 2.30. The average Bonchev–Trinajstić information content (AvgIpc) is 3.27. The minimum Gasteiger partial charge on any atom is -0.497 e. The Bertz CT molecular complexity index is 609. The van der Waals surface area contributed by atoms with Crippen LogP contribution in [-0.2, 0) is 0 Å². The number of ether oxygens (including phenoxy) is 2. The van der Waals surface area contributed by atoms with Gasteiger partial charge in [-0.25, -0.2) is 4.98 Å². The summed E-state index contributed by atoms with van der Waals surface area (Å²) >= 11 is 0. The molecule has 1 aliphatic heterocycles. The lowest BCUT2D eigenvalue weighted by Gasteiger charge is -2.09. The molecular formula is C16H20N2O2. The number of benzene rings is 1. The molecule has 2 aromatic rings. The number of fused-ring (bicyclic) bond motifs is 1. The number of methoxy groups -OCH3 is 1. The number of aromatic nitrogens is 1. The predicted molar refractivity (Wildman–Crippen MR) is 79.6 cm³/mol. The summed E-state index contributed by atoms with van der Waals surface area (Å²) in [6.07, 6.45) is 1.06. The van der Waals surface area contributed by atoms with Crippen LogP contribution in [0.5, 0.6) is 11.6 Å². The molecule has 3 rings (SSSR count). The van der Waals surface area contributed by atoms with E-state index in [4.69, 9.17) is 9.47 Å². The molecule has 1 aromatic carbocycles. The van der Waals surface area contributed by atoms with Crippen molar-refractivity contribution in [1.82, 2.24) is 9.88 Å². The van der Waals surface area contributed by atoms with E-state index in [1.807, 2.05) is 24.3 Å². The molecule has 20 heavy (non-hydrogen) atoms. The van der Waals surface area contributed by atoms with Gasteiger partial charge in [-0.2, -0.15) is 0 Å². The Hall–Kier alpha value is -1.81. The molecule has 2 heterocycles. The van der Waals surface area contributed by atoms with Gasteiger partial charge in [0.2, 0.25) is 5.88 Å². The molecule has 1 aliphatic rings. The van der Waals surface area contributed by atoms with Crippen LogP contribution < -0.4 is 9.47 Å². The van der Waals surface area contributed by atoms with Crippen molar-refractivity contribution in [3.05, 3.63) is 29.8 Å². The number of hydrogen-bond acceptors (Lipinski definition) is 4. The molecule has 1 fully saturated rings. The Morgan fingerprint density at radius 3 is 2.85 bits per heavy atom. The fraction of sp³-hybridized carbons (Fsp3) is 0.438. The van der Waals surface area contributed by atoms with Crippen molar-refractivity contribution in [2.45, 2.75) is 13.3 Å². The molecule has 0 aliphatic carbocycles. The standard InChI is InChI=1S/C16H20N2O2/c1-12-10-16(20-9-3-6-18-7-8-18)17-15-5-4-13(19-2)11-14(12)15/h4-5,10-11H,3,6-9H2,1-2H3. The number of aryl methyl sites for hydroxylation is 1. The zero-order valence-corrected chi connectivity index (χ0v) is 12.1. The quantitative estimate of drug-likeness (QED) is 0.598. The molecule has 0 saturated carbocycles. The van der Waals surface area contributed by atoms with Crippen LogP contribution in [0.3, 0.4) is 0 Å². The molecule has 106 valence electrons. The van der Waals surface area contributed by atoms with Crippen molar-refractivity contribution >= 4 is 10.9 Å². The number of nitrogens with zero attached hydrogens (tertiary/aromatic N) is 2. The van der Waals surface area contributed by atoms with Gasteiger partial charge in [-0.3, -0.25) is 0 Å². The molecule has 0 radical (unpaired) electrons. The van der Waals surface area contributed by atoms with E-state index < -0.39 is 0 Å². The van der Waals surface area contributed by atoms with Crippen molar-refractivity contribution < 1.29 is 9.47 Å². The van der Waals surface area contributed by atoms with Crippen molar-refractivity contribution in [2.24, 2.45) is 0 Å². The van der Waals surface area contributed by atoms with Gasteiger partial charge >= 0.3 is 0 Å². The van der Waals surface area contributed by atoms with E-state index in [1.54, 1.807) is 7.11 Å². The molecule has 0 amide bonds. The third-order valence-corrected chi connectivity index (χ3v) is 3.61.